The van der Waals surface area contributed by atoms with E-state index in [0.29, 0.717) is 11.4 Å². The highest BCUT2D eigenvalue weighted by Gasteiger charge is 2.11. The minimum Gasteiger partial charge on any atom is -0.439 e. The van der Waals surface area contributed by atoms with E-state index in [2.05, 4.69) is 41.3 Å². The first kappa shape index (κ1) is 25.6. The summed E-state index contributed by atoms with van der Waals surface area (Å²) in [5.74, 6) is 0.808. The summed E-state index contributed by atoms with van der Waals surface area (Å²) in [5.41, 5.74) is 7.76. The number of rotatable bonds is 7. The maximum atomic E-state index is 12.2. The van der Waals surface area contributed by atoms with Crippen LogP contribution in [0.5, 0.6) is 11.6 Å². The molecule has 10 nitrogen and oxygen atoms in total. The molecule has 2 amide bonds. The standard InChI is InChI=1S/C26H23BrN6O4/c1-16-12-20(4-10-24(16)27)30-26(34)31-29-14-19-13-17(2)32(18(19)3)21-5-8-23(9-6-21)37-25-11-7-22(15-28-25)33(35)36/h4-15H,1-3H3,(H2,30,31,34)/b29-14+. The number of anilines is 1. The van der Waals surface area contributed by atoms with Crippen LogP contribution < -0.4 is 15.5 Å². The van der Waals surface area contributed by atoms with Crippen LogP contribution in [0.1, 0.15) is 22.5 Å². The van der Waals surface area contributed by atoms with Gasteiger partial charge in [-0.25, -0.2) is 15.2 Å². The fraction of sp³-hybridized carbons (Fsp3) is 0.115. The maximum Gasteiger partial charge on any atom is 0.339 e. The maximum absolute atomic E-state index is 12.2. The highest BCUT2D eigenvalue weighted by atomic mass is 79.9. The average Bonchev–Trinajstić information content (AvgIpc) is 3.15. The molecule has 37 heavy (non-hydrogen) atoms. The van der Waals surface area contributed by atoms with Crippen molar-refractivity contribution in [1.29, 1.82) is 0 Å². The van der Waals surface area contributed by atoms with Crippen LogP contribution in [0.4, 0.5) is 16.2 Å². The minimum absolute atomic E-state index is 0.101. The lowest BCUT2D eigenvalue weighted by atomic mass is 10.2. The molecule has 0 spiro atoms. The Labute approximate surface area is 221 Å². The van der Waals surface area contributed by atoms with Crippen molar-refractivity contribution in [3.63, 3.8) is 0 Å². The Morgan fingerprint density at radius 2 is 1.86 bits per heavy atom. The van der Waals surface area contributed by atoms with E-state index in [1.54, 1.807) is 24.4 Å². The third-order valence-electron chi connectivity index (χ3n) is 5.50. The number of hydrogen-bond acceptors (Lipinski definition) is 6. The summed E-state index contributed by atoms with van der Waals surface area (Å²) in [4.78, 5) is 26.4. The number of urea groups is 1. The fourth-order valence-corrected chi connectivity index (χ4v) is 3.93. The molecule has 0 aliphatic rings. The third-order valence-corrected chi connectivity index (χ3v) is 6.39. The van der Waals surface area contributed by atoms with Crippen molar-refractivity contribution in [3.8, 4) is 17.3 Å². The number of nitrogens with zero attached hydrogens (tertiary/aromatic N) is 4. The number of carbonyl (C=O) groups excluding carboxylic acids is 1. The number of halogens is 1. The van der Waals surface area contributed by atoms with Crippen LogP contribution in [-0.2, 0) is 0 Å². The normalized spacial score (nSPS) is 10.9. The number of nitro groups is 1. The molecule has 0 aliphatic carbocycles. The van der Waals surface area contributed by atoms with Gasteiger partial charge in [0.15, 0.2) is 0 Å². The van der Waals surface area contributed by atoms with E-state index in [9.17, 15) is 14.9 Å². The number of hydrazone groups is 1. The summed E-state index contributed by atoms with van der Waals surface area (Å²) in [6.07, 6.45) is 2.75. The Balaban J connectivity index is 1.41. The molecule has 188 valence electrons. The number of ether oxygens (including phenoxy) is 1. The van der Waals surface area contributed by atoms with Gasteiger partial charge in [-0.2, -0.15) is 5.10 Å². The molecule has 0 saturated carbocycles. The highest BCUT2D eigenvalue weighted by Crippen LogP contribution is 2.25. The van der Waals surface area contributed by atoms with Gasteiger partial charge in [-0.05, 0) is 74.9 Å². The van der Waals surface area contributed by atoms with Gasteiger partial charge in [0.25, 0.3) is 5.69 Å². The van der Waals surface area contributed by atoms with E-state index in [4.69, 9.17) is 4.74 Å². The number of aromatic nitrogens is 2. The van der Waals surface area contributed by atoms with Crippen LogP contribution in [-0.4, -0.2) is 26.7 Å². The number of nitrogens with one attached hydrogen (secondary N) is 2. The number of carbonyl (C=O) groups is 1. The third kappa shape index (κ3) is 6.19. The number of amides is 2. The number of benzene rings is 2. The number of aryl methyl sites for hydroxylation is 2. The van der Waals surface area contributed by atoms with Gasteiger partial charge in [-0.3, -0.25) is 10.1 Å². The number of hydrogen-bond donors (Lipinski definition) is 2. The van der Waals surface area contributed by atoms with Gasteiger partial charge in [0.1, 0.15) is 11.9 Å². The summed E-state index contributed by atoms with van der Waals surface area (Å²) < 4.78 is 8.71. The lowest BCUT2D eigenvalue weighted by Crippen LogP contribution is -2.24. The zero-order valence-corrected chi connectivity index (χ0v) is 21.8. The molecule has 0 unspecified atom stereocenters. The Morgan fingerprint density at radius 1 is 1.11 bits per heavy atom. The Bertz CT molecular complexity index is 1480. The van der Waals surface area contributed by atoms with E-state index >= 15 is 0 Å². The molecular formula is C26H23BrN6O4. The van der Waals surface area contributed by atoms with Crippen molar-refractivity contribution in [3.05, 3.63) is 104 Å². The summed E-state index contributed by atoms with van der Waals surface area (Å²) in [6.45, 7) is 5.88. The summed E-state index contributed by atoms with van der Waals surface area (Å²) in [7, 11) is 0. The van der Waals surface area contributed by atoms with Crippen LogP contribution in [0, 0.1) is 30.9 Å². The molecule has 2 aromatic heterocycles. The van der Waals surface area contributed by atoms with Gasteiger partial charge in [0, 0.05) is 44.9 Å². The molecule has 4 aromatic rings. The predicted octanol–water partition coefficient (Wildman–Crippen LogP) is 6.42. The van der Waals surface area contributed by atoms with Crippen LogP contribution in [0.25, 0.3) is 5.69 Å². The summed E-state index contributed by atoms with van der Waals surface area (Å²) in [5, 5.41) is 17.6. The first-order chi connectivity index (χ1) is 17.7. The quantitative estimate of drug-likeness (QED) is 0.153. The number of pyridine rings is 1. The molecule has 11 heteroatoms. The smallest absolute Gasteiger partial charge is 0.339 e. The molecule has 0 atom stereocenters. The van der Waals surface area contributed by atoms with Crippen molar-refractivity contribution in [2.75, 3.05) is 5.32 Å². The van der Waals surface area contributed by atoms with E-state index < -0.39 is 11.0 Å². The second-order valence-corrected chi connectivity index (χ2v) is 9.01. The average molecular weight is 563 g/mol. The van der Waals surface area contributed by atoms with Crippen LogP contribution in [0.15, 0.2) is 76.4 Å². The van der Waals surface area contributed by atoms with Crippen molar-refractivity contribution < 1.29 is 14.5 Å². The lowest BCUT2D eigenvalue weighted by molar-refractivity contribution is -0.385. The highest BCUT2D eigenvalue weighted by molar-refractivity contribution is 9.10. The van der Waals surface area contributed by atoms with Crippen LogP contribution in [0.3, 0.4) is 0 Å². The molecular weight excluding hydrogens is 540 g/mol. The zero-order valence-electron chi connectivity index (χ0n) is 20.2. The second kappa shape index (κ2) is 11.0. The van der Waals surface area contributed by atoms with E-state index in [1.165, 1.54) is 12.1 Å². The van der Waals surface area contributed by atoms with Crippen LogP contribution in [0.2, 0.25) is 0 Å². The first-order valence-corrected chi connectivity index (χ1v) is 11.9. The van der Waals surface area contributed by atoms with Crippen molar-refractivity contribution >= 4 is 39.6 Å². The van der Waals surface area contributed by atoms with Gasteiger partial charge in [-0.1, -0.05) is 15.9 Å². The zero-order chi connectivity index (χ0) is 26.5. The Hall–Kier alpha value is -4.51. The summed E-state index contributed by atoms with van der Waals surface area (Å²) >= 11 is 3.44. The molecule has 4 rings (SSSR count). The van der Waals surface area contributed by atoms with E-state index in [0.717, 1.165) is 38.9 Å². The molecule has 0 fully saturated rings. The van der Waals surface area contributed by atoms with Crippen LogP contribution >= 0.6 is 15.9 Å². The molecule has 0 radical (unpaired) electrons. The van der Waals surface area contributed by atoms with Gasteiger partial charge in [0.2, 0.25) is 5.88 Å². The Kier molecular flexibility index (Phi) is 7.63. The first-order valence-electron chi connectivity index (χ1n) is 11.1. The van der Waals surface area contributed by atoms with E-state index in [1.807, 2.05) is 51.1 Å². The topological polar surface area (TPSA) is 124 Å². The van der Waals surface area contributed by atoms with Crippen molar-refractivity contribution in [2.45, 2.75) is 20.8 Å². The monoisotopic (exact) mass is 562 g/mol. The molecule has 0 bridgehead atoms. The van der Waals surface area contributed by atoms with Gasteiger partial charge in [-0.15, -0.1) is 0 Å². The molecule has 2 heterocycles. The van der Waals surface area contributed by atoms with Gasteiger partial charge in [0.05, 0.1) is 11.1 Å². The van der Waals surface area contributed by atoms with Gasteiger partial charge >= 0.3 is 6.03 Å². The predicted molar refractivity (Wildman–Crippen MR) is 145 cm³/mol. The van der Waals surface area contributed by atoms with Crippen molar-refractivity contribution in [1.82, 2.24) is 15.0 Å². The SMILES string of the molecule is Cc1cc(NC(=O)N/N=C/c2cc(C)n(-c3ccc(Oc4ccc([N+](=O)[O-])cn4)cc3)c2C)ccc1Br. The van der Waals surface area contributed by atoms with Crippen molar-refractivity contribution in [2.24, 2.45) is 5.10 Å². The molecule has 2 N–H and O–H groups in total. The summed E-state index contributed by atoms with van der Waals surface area (Å²) in [6, 6.07) is 17.2. The lowest BCUT2D eigenvalue weighted by Gasteiger charge is -2.11. The minimum atomic E-state index is -0.512. The Morgan fingerprint density at radius 3 is 2.51 bits per heavy atom. The molecule has 0 aliphatic heterocycles. The molecule has 0 saturated heterocycles. The van der Waals surface area contributed by atoms with Gasteiger partial charge < -0.3 is 14.6 Å². The molecule has 2 aromatic carbocycles. The largest absolute Gasteiger partial charge is 0.439 e. The van der Waals surface area contributed by atoms with E-state index in [-0.39, 0.29) is 11.6 Å². The fourth-order valence-electron chi connectivity index (χ4n) is 3.68. The second-order valence-electron chi connectivity index (χ2n) is 8.16.